The van der Waals surface area contributed by atoms with E-state index in [4.69, 9.17) is 11.1 Å². The summed E-state index contributed by atoms with van der Waals surface area (Å²) in [5.41, 5.74) is 6.67. The summed E-state index contributed by atoms with van der Waals surface area (Å²) in [6, 6.07) is 4.02. The number of nitrogens with zero attached hydrogens (tertiary/aromatic N) is 1. The molecule has 1 aliphatic carbocycles. The molecule has 0 heterocycles. The van der Waals surface area contributed by atoms with Crippen LogP contribution in [-0.4, -0.2) is 44.7 Å². The van der Waals surface area contributed by atoms with E-state index in [2.05, 4.69) is 10.6 Å². The topological polar surface area (TPSA) is 128 Å². The first-order valence-electron chi connectivity index (χ1n) is 9.56. The molecule has 9 heteroatoms. The second-order valence-corrected chi connectivity index (χ2v) is 9.76. The lowest BCUT2D eigenvalue weighted by atomic mass is 9.84. The Balaban J connectivity index is 2.20. The maximum Gasteiger partial charge on any atom is 0.246 e. The summed E-state index contributed by atoms with van der Waals surface area (Å²) in [5, 5.41) is 13.1. The van der Waals surface area contributed by atoms with E-state index >= 15 is 0 Å². The third kappa shape index (κ3) is 5.68. The Morgan fingerprint density at radius 1 is 1.29 bits per heavy atom. The average Bonchev–Trinajstić information content (AvgIpc) is 2.63. The number of carbonyl (C=O) groups excluding carboxylic acids is 1. The second-order valence-electron chi connectivity index (χ2n) is 7.60. The number of aryl methyl sites for hydroxylation is 1. The molecule has 1 saturated carbocycles. The number of nitrogens with two attached hydrogens (primary N) is 1. The van der Waals surface area contributed by atoms with Crippen LogP contribution in [0.3, 0.4) is 0 Å². The van der Waals surface area contributed by atoms with Gasteiger partial charge < -0.3 is 16.4 Å². The molecular weight excluding hydrogens is 378 g/mol. The van der Waals surface area contributed by atoms with Gasteiger partial charge in [0.1, 0.15) is 6.04 Å². The van der Waals surface area contributed by atoms with Gasteiger partial charge in [0.15, 0.2) is 5.96 Å². The van der Waals surface area contributed by atoms with Gasteiger partial charge in [-0.3, -0.25) is 10.2 Å². The van der Waals surface area contributed by atoms with Crippen LogP contribution in [0.4, 0.5) is 5.69 Å². The normalized spacial score (nSPS) is 16.6. The smallest absolute Gasteiger partial charge is 0.246 e. The number of guanidine groups is 1. The standard InChI is InChI=1S/C19H31N5O3S/c1-13-9-10-15(28(26,27)24(2)3)12-16(13)22-18(25)17(23-19(20)21)11-14-7-5-4-6-8-14/h9-10,12,14,17H,4-8,11H2,1-3H3,(H,22,25)(H4,20,21,23)/t17-/m1/s1. The first-order chi connectivity index (χ1) is 13.1. The van der Waals surface area contributed by atoms with Crippen molar-refractivity contribution in [3.63, 3.8) is 0 Å². The lowest BCUT2D eigenvalue weighted by molar-refractivity contribution is -0.118. The van der Waals surface area contributed by atoms with Gasteiger partial charge in [-0.1, -0.05) is 38.2 Å². The van der Waals surface area contributed by atoms with E-state index in [1.165, 1.54) is 32.6 Å². The Hall–Kier alpha value is -2.13. The number of hydrogen-bond acceptors (Lipinski definition) is 4. The summed E-state index contributed by atoms with van der Waals surface area (Å²) in [4.78, 5) is 13.0. The molecule has 0 aliphatic heterocycles. The van der Waals surface area contributed by atoms with Gasteiger partial charge in [-0.25, -0.2) is 12.7 Å². The van der Waals surface area contributed by atoms with Crippen molar-refractivity contribution in [3.8, 4) is 0 Å². The summed E-state index contributed by atoms with van der Waals surface area (Å²) in [5.74, 6) is -0.155. The van der Waals surface area contributed by atoms with Gasteiger partial charge in [0.2, 0.25) is 15.9 Å². The molecule has 1 aromatic rings. The maximum absolute atomic E-state index is 12.9. The number of benzene rings is 1. The third-order valence-corrected chi connectivity index (χ3v) is 7.00. The molecule has 0 spiro atoms. The molecule has 1 aromatic carbocycles. The minimum Gasteiger partial charge on any atom is -0.370 e. The van der Waals surface area contributed by atoms with Gasteiger partial charge >= 0.3 is 0 Å². The molecule has 1 fully saturated rings. The highest BCUT2D eigenvalue weighted by Gasteiger charge is 2.26. The van der Waals surface area contributed by atoms with Crippen LogP contribution < -0.4 is 16.4 Å². The summed E-state index contributed by atoms with van der Waals surface area (Å²) < 4.78 is 25.9. The van der Waals surface area contributed by atoms with Crippen LogP contribution in [0.1, 0.15) is 44.1 Å². The van der Waals surface area contributed by atoms with Gasteiger partial charge in [-0.2, -0.15) is 0 Å². The SMILES string of the molecule is Cc1ccc(S(=O)(=O)N(C)C)cc1NC(=O)[C@@H](CC1CCCCC1)NC(=N)N. The monoisotopic (exact) mass is 409 g/mol. The molecule has 8 nitrogen and oxygen atoms in total. The van der Waals surface area contributed by atoms with Crippen LogP contribution in [0.5, 0.6) is 0 Å². The number of hydrogen-bond donors (Lipinski definition) is 4. The fourth-order valence-electron chi connectivity index (χ4n) is 3.50. The Labute approximate surface area is 167 Å². The van der Waals surface area contributed by atoms with Gasteiger partial charge in [-0.15, -0.1) is 0 Å². The number of rotatable bonds is 7. The number of sulfonamides is 1. The van der Waals surface area contributed by atoms with Crippen molar-refractivity contribution in [3.05, 3.63) is 23.8 Å². The minimum absolute atomic E-state index is 0.113. The van der Waals surface area contributed by atoms with Crippen molar-refractivity contribution >= 4 is 27.6 Å². The van der Waals surface area contributed by atoms with Crippen molar-refractivity contribution < 1.29 is 13.2 Å². The summed E-state index contributed by atoms with van der Waals surface area (Å²) in [6.45, 7) is 1.80. The third-order valence-electron chi connectivity index (χ3n) is 5.19. The van der Waals surface area contributed by atoms with E-state index < -0.39 is 16.1 Å². The van der Waals surface area contributed by atoms with Gasteiger partial charge in [-0.05, 0) is 37.0 Å². The van der Waals surface area contributed by atoms with Gasteiger partial charge in [0.05, 0.1) is 4.90 Å². The van der Waals surface area contributed by atoms with Gasteiger partial charge in [0, 0.05) is 19.8 Å². The van der Waals surface area contributed by atoms with E-state index in [9.17, 15) is 13.2 Å². The lowest BCUT2D eigenvalue weighted by Gasteiger charge is -2.27. The van der Waals surface area contributed by atoms with Crippen molar-refractivity contribution in [1.82, 2.24) is 9.62 Å². The number of amides is 1. The van der Waals surface area contributed by atoms with Crippen LogP contribution in [-0.2, 0) is 14.8 Å². The lowest BCUT2D eigenvalue weighted by Crippen LogP contribution is -2.47. The molecule has 2 rings (SSSR count). The zero-order chi connectivity index (χ0) is 20.9. The number of nitrogens with one attached hydrogen (secondary N) is 3. The van der Waals surface area contributed by atoms with Crippen LogP contribution >= 0.6 is 0 Å². The fraction of sp³-hybridized carbons (Fsp3) is 0.579. The zero-order valence-electron chi connectivity index (χ0n) is 16.8. The second kappa shape index (κ2) is 9.38. The maximum atomic E-state index is 12.9. The molecule has 156 valence electrons. The Kier molecular flexibility index (Phi) is 7.42. The Morgan fingerprint density at radius 3 is 2.50 bits per heavy atom. The zero-order valence-corrected chi connectivity index (χ0v) is 17.6. The Bertz CT molecular complexity index is 817. The van der Waals surface area contributed by atoms with E-state index in [0.29, 0.717) is 18.0 Å². The van der Waals surface area contributed by atoms with Crippen molar-refractivity contribution in [2.45, 2.75) is 56.4 Å². The van der Waals surface area contributed by atoms with E-state index in [1.54, 1.807) is 13.0 Å². The van der Waals surface area contributed by atoms with Crippen LogP contribution in [0, 0.1) is 18.3 Å². The van der Waals surface area contributed by atoms with E-state index in [0.717, 1.165) is 35.6 Å². The first-order valence-corrected chi connectivity index (χ1v) is 11.0. The highest BCUT2D eigenvalue weighted by atomic mass is 32.2. The van der Waals surface area contributed by atoms with Crippen molar-refractivity contribution in [2.75, 3.05) is 19.4 Å². The summed E-state index contributed by atoms with van der Waals surface area (Å²) in [7, 11) is -0.676. The molecule has 1 aliphatic rings. The molecule has 0 saturated heterocycles. The summed E-state index contributed by atoms with van der Waals surface area (Å²) in [6.07, 6.45) is 6.27. The molecule has 0 radical (unpaired) electrons. The van der Waals surface area contributed by atoms with E-state index in [-0.39, 0.29) is 16.8 Å². The van der Waals surface area contributed by atoms with Crippen LogP contribution in [0.2, 0.25) is 0 Å². The highest BCUT2D eigenvalue weighted by Crippen LogP contribution is 2.28. The molecule has 1 amide bonds. The number of carbonyl (C=O) groups is 1. The van der Waals surface area contributed by atoms with Crippen molar-refractivity contribution in [2.24, 2.45) is 11.7 Å². The molecule has 0 aromatic heterocycles. The minimum atomic E-state index is -3.60. The number of anilines is 1. The predicted molar refractivity (Wildman–Crippen MR) is 111 cm³/mol. The van der Waals surface area contributed by atoms with Crippen LogP contribution in [0.15, 0.2) is 23.1 Å². The summed E-state index contributed by atoms with van der Waals surface area (Å²) >= 11 is 0. The molecule has 1 atom stereocenters. The fourth-order valence-corrected chi connectivity index (χ4v) is 4.43. The molecule has 28 heavy (non-hydrogen) atoms. The predicted octanol–water partition coefficient (Wildman–Crippen LogP) is 2.01. The van der Waals surface area contributed by atoms with E-state index in [1.807, 2.05) is 0 Å². The molecule has 0 bridgehead atoms. The average molecular weight is 410 g/mol. The first kappa shape index (κ1) is 22.2. The molecule has 5 N–H and O–H groups in total. The molecule has 0 unspecified atom stereocenters. The van der Waals surface area contributed by atoms with Gasteiger partial charge in [0.25, 0.3) is 0 Å². The van der Waals surface area contributed by atoms with Crippen LogP contribution in [0.25, 0.3) is 0 Å². The Morgan fingerprint density at radius 2 is 1.93 bits per heavy atom. The quantitative estimate of drug-likeness (QED) is 0.404. The molecular formula is C19H31N5O3S. The van der Waals surface area contributed by atoms with Crippen molar-refractivity contribution in [1.29, 1.82) is 5.41 Å². The largest absolute Gasteiger partial charge is 0.370 e. The highest BCUT2D eigenvalue weighted by molar-refractivity contribution is 7.89.